The molecule has 6 rings (SSSR count). The maximum absolute atomic E-state index is 13.0. The second kappa shape index (κ2) is 11.2. The average molecular weight is 501 g/mol. The van der Waals surface area contributed by atoms with Crippen LogP contribution in [0.3, 0.4) is 0 Å². The van der Waals surface area contributed by atoms with E-state index < -0.39 is 5.79 Å². The molecule has 0 bridgehead atoms. The molecule has 5 nitrogen and oxygen atoms in total. The summed E-state index contributed by atoms with van der Waals surface area (Å²) in [5.74, 6) is 1.42. The van der Waals surface area contributed by atoms with Crippen molar-refractivity contribution >= 4 is 5.78 Å². The molecule has 0 N–H and O–H groups in total. The van der Waals surface area contributed by atoms with Gasteiger partial charge in [-0.3, -0.25) is 4.79 Å². The highest BCUT2D eigenvalue weighted by molar-refractivity contribution is 5.87. The van der Waals surface area contributed by atoms with Gasteiger partial charge in [0.1, 0.15) is 17.6 Å². The Balaban J connectivity index is 0.00000114. The Bertz CT molecular complexity index is 985. The van der Waals surface area contributed by atoms with Crippen molar-refractivity contribution in [3.63, 3.8) is 0 Å². The fourth-order valence-corrected chi connectivity index (χ4v) is 6.93. The summed E-state index contributed by atoms with van der Waals surface area (Å²) in [6, 6.07) is 8.25. The fourth-order valence-electron chi connectivity index (χ4n) is 6.93. The number of carbonyl (C=O) groups is 1. The normalized spacial score (nSPS) is 31.8. The third-order valence-electron chi connectivity index (χ3n) is 8.63. The van der Waals surface area contributed by atoms with Gasteiger partial charge in [0.05, 0.1) is 32.3 Å². The van der Waals surface area contributed by atoms with Crippen LogP contribution >= 0.6 is 0 Å². The third-order valence-corrected chi connectivity index (χ3v) is 8.63. The first-order valence-electron chi connectivity index (χ1n) is 12.0. The molecule has 3 fully saturated rings. The van der Waals surface area contributed by atoms with Gasteiger partial charge in [0.2, 0.25) is 0 Å². The van der Waals surface area contributed by atoms with Crippen molar-refractivity contribution in [3.05, 3.63) is 52.6 Å². The number of fused-ring (bicyclic) bond motifs is 4. The Morgan fingerprint density at radius 1 is 0.944 bits per heavy atom. The molecule has 0 radical (unpaired) electrons. The Hall–Kier alpha value is -1.95. The molecule has 1 aromatic rings. The number of hydrogen-bond donors (Lipinski definition) is 0. The molecule has 0 aromatic heterocycles. The Morgan fingerprint density at radius 3 is 2.31 bits per heavy atom. The summed E-state index contributed by atoms with van der Waals surface area (Å²) in [5.41, 5.74) is 4.95. The number of methoxy groups -OCH3 is 1. The van der Waals surface area contributed by atoms with Crippen molar-refractivity contribution in [1.29, 1.82) is 0 Å². The molecular weight excluding hydrogens is 452 g/mol. The smallest absolute Gasteiger partial charge is 0.188 e. The molecule has 202 valence electrons. The topological polar surface area (TPSA) is 54.0 Å². The summed E-state index contributed by atoms with van der Waals surface area (Å²) >= 11 is 0. The molecule has 3 aliphatic carbocycles. The van der Waals surface area contributed by atoms with Gasteiger partial charge in [0, 0.05) is 12.8 Å². The molecule has 36 heavy (non-hydrogen) atoms. The van der Waals surface area contributed by atoms with Crippen molar-refractivity contribution < 1.29 is 23.7 Å². The highest BCUT2D eigenvalue weighted by atomic mass is 16.7. The number of benzene rings is 1. The summed E-state index contributed by atoms with van der Waals surface area (Å²) in [6.07, 6.45) is 7.65. The lowest BCUT2D eigenvalue weighted by atomic mass is 9.63. The van der Waals surface area contributed by atoms with Gasteiger partial charge < -0.3 is 18.9 Å². The number of Topliss-reactive ketones (excluding diaryl/α,β-unsaturated/α-hetero) is 1. The Morgan fingerprint density at radius 2 is 1.64 bits per heavy atom. The minimum atomic E-state index is -0.536. The van der Waals surface area contributed by atoms with Crippen molar-refractivity contribution in [2.45, 2.75) is 87.0 Å². The van der Waals surface area contributed by atoms with E-state index >= 15 is 0 Å². The number of carbonyl (C=O) groups excluding carboxylic acids is 1. The van der Waals surface area contributed by atoms with Crippen LogP contribution in [-0.4, -0.2) is 38.5 Å². The first-order valence-corrected chi connectivity index (χ1v) is 12.0. The lowest BCUT2D eigenvalue weighted by molar-refractivity contribution is -0.130. The molecule has 2 heterocycles. The van der Waals surface area contributed by atoms with Crippen LogP contribution in [-0.2, 0) is 19.0 Å². The second-order valence-corrected chi connectivity index (χ2v) is 10.2. The summed E-state index contributed by atoms with van der Waals surface area (Å²) in [5, 5.41) is 0. The summed E-state index contributed by atoms with van der Waals surface area (Å²) in [4.78, 5) is 13.0. The van der Waals surface area contributed by atoms with Crippen LogP contribution in [0.1, 0.15) is 86.8 Å². The summed E-state index contributed by atoms with van der Waals surface area (Å²) < 4.78 is 24.1. The minimum Gasteiger partial charge on any atom is -0.497 e. The first-order chi connectivity index (χ1) is 15.5. The van der Waals surface area contributed by atoms with Gasteiger partial charge in [0.15, 0.2) is 5.79 Å². The Labute approximate surface area is 219 Å². The molecule has 1 spiro atoms. The van der Waals surface area contributed by atoms with E-state index in [9.17, 15) is 4.79 Å². The van der Waals surface area contributed by atoms with Gasteiger partial charge in [-0.25, -0.2) is 0 Å². The van der Waals surface area contributed by atoms with Crippen LogP contribution < -0.4 is 4.74 Å². The van der Waals surface area contributed by atoms with Crippen LogP contribution in [0.15, 0.2) is 47.1 Å². The summed E-state index contributed by atoms with van der Waals surface area (Å²) in [6.45, 7) is 3.97. The highest BCUT2D eigenvalue weighted by Crippen LogP contribution is 2.58. The SMILES string of the molecule is C.C.C.C.COc1ccc([C@H]2OC[C@]3(C)C(=O)CCC3C3CCC4=CC5(CCC4=C32)OCCO5)cc1. The monoisotopic (exact) mass is 500 g/mol. The first kappa shape index (κ1) is 30.3. The lowest BCUT2D eigenvalue weighted by Gasteiger charge is -2.41. The van der Waals surface area contributed by atoms with Crippen molar-refractivity contribution in [1.82, 2.24) is 0 Å². The van der Waals surface area contributed by atoms with Crippen LogP contribution in [0.2, 0.25) is 0 Å². The van der Waals surface area contributed by atoms with Gasteiger partial charge in [0.25, 0.3) is 0 Å². The molecule has 2 aliphatic heterocycles. The fraction of sp³-hybridized carbons (Fsp3) is 0.645. The highest BCUT2D eigenvalue weighted by Gasteiger charge is 2.55. The maximum Gasteiger partial charge on any atom is 0.188 e. The van der Waals surface area contributed by atoms with E-state index in [0.29, 0.717) is 43.9 Å². The van der Waals surface area contributed by atoms with E-state index in [0.717, 1.165) is 43.4 Å². The average Bonchev–Trinajstić information content (AvgIpc) is 3.35. The maximum atomic E-state index is 13.0. The largest absolute Gasteiger partial charge is 0.497 e. The lowest BCUT2D eigenvalue weighted by Crippen LogP contribution is -2.37. The van der Waals surface area contributed by atoms with Gasteiger partial charge in [-0.15, -0.1) is 0 Å². The molecule has 4 atom stereocenters. The van der Waals surface area contributed by atoms with E-state index in [1.165, 1.54) is 16.7 Å². The van der Waals surface area contributed by atoms with Gasteiger partial charge in [-0.05, 0) is 78.0 Å². The van der Waals surface area contributed by atoms with E-state index in [-0.39, 0.29) is 41.2 Å². The number of ether oxygens (including phenoxy) is 4. The molecule has 2 saturated heterocycles. The predicted octanol–water partition coefficient (Wildman–Crippen LogP) is 7.47. The van der Waals surface area contributed by atoms with Gasteiger partial charge in [-0.1, -0.05) is 48.8 Å². The second-order valence-electron chi connectivity index (χ2n) is 10.2. The molecule has 5 heteroatoms. The number of allylic oxidation sites excluding steroid dienone is 2. The third kappa shape index (κ3) is 4.59. The summed E-state index contributed by atoms with van der Waals surface area (Å²) in [7, 11) is 1.69. The quantitative estimate of drug-likeness (QED) is 0.422. The zero-order chi connectivity index (χ0) is 21.9. The van der Waals surface area contributed by atoms with Crippen LogP contribution in [0.25, 0.3) is 0 Å². The van der Waals surface area contributed by atoms with Gasteiger partial charge >= 0.3 is 0 Å². The molecule has 5 aliphatic rings. The van der Waals surface area contributed by atoms with Crippen molar-refractivity contribution in [3.8, 4) is 5.75 Å². The Kier molecular flexibility index (Phi) is 9.42. The predicted molar refractivity (Wildman–Crippen MR) is 146 cm³/mol. The molecule has 1 aromatic carbocycles. The van der Waals surface area contributed by atoms with Crippen LogP contribution in [0, 0.1) is 17.3 Å². The van der Waals surface area contributed by atoms with Gasteiger partial charge in [-0.2, -0.15) is 0 Å². The molecule has 0 amide bonds. The number of rotatable bonds is 2. The van der Waals surface area contributed by atoms with Crippen LogP contribution in [0.4, 0.5) is 0 Å². The zero-order valence-corrected chi connectivity index (χ0v) is 19.0. The van der Waals surface area contributed by atoms with E-state index in [1.54, 1.807) is 7.11 Å². The minimum absolute atomic E-state index is 0. The molecular formula is C31H48O5. The van der Waals surface area contributed by atoms with Crippen molar-refractivity contribution in [2.75, 3.05) is 26.9 Å². The van der Waals surface area contributed by atoms with Crippen LogP contribution in [0.5, 0.6) is 5.75 Å². The molecule has 2 unspecified atom stereocenters. The standard InChI is InChI=1S/C27H32O5.4CH4/c1-26-16-30-25(17-3-6-19(29-2)7-4-17)24-20-11-12-27(31-13-14-32-27)15-18(20)5-8-21(24)22(26)9-10-23(26)28;;;;/h3-4,6-7,15,21-22,25H,5,8-14,16H2,1-2H3;4*1H4/t21?,22?,25-,26+;;;;/m1..../s1. The van der Waals surface area contributed by atoms with E-state index in [1.807, 2.05) is 12.1 Å². The van der Waals surface area contributed by atoms with E-state index in [2.05, 4.69) is 25.1 Å². The number of ketones is 1. The molecule has 1 saturated carbocycles. The zero-order valence-electron chi connectivity index (χ0n) is 19.0. The van der Waals surface area contributed by atoms with E-state index in [4.69, 9.17) is 18.9 Å². The number of hydrogen-bond acceptors (Lipinski definition) is 5. The van der Waals surface area contributed by atoms with Crippen molar-refractivity contribution in [2.24, 2.45) is 17.3 Å².